The predicted molar refractivity (Wildman–Crippen MR) is 297 cm³/mol. The number of allylic oxidation sites excluding steroid dienone is 6. The van der Waals surface area contributed by atoms with Crippen LogP contribution in [0.25, 0.3) is 0 Å². The van der Waals surface area contributed by atoms with E-state index < -0.39 is 24.3 Å². The Morgan fingerprint density at radius 3 is 1.13 bits per heavy atom. The van der Waals surface area contributed by atoms with Crippen LogP contribution >= 0.6 is 0 Å². The van der Waals surface area contributed by atoms with Crippen molar-refractivity contribution in [2.75, 3.05) is 47.5 Å². The van der Waals surface area contributed by atoms with Crippen LogP contribution in [0.2, 0.25) is 0 Å². The zero-order chi connectivity index (χ0) is 52.0. The Balaban J connectivity index is 4.10. The number of hydrogen-bond donors (Lipinski definition) is 0. The van der Waals surface area contributed by atoms with Gasteiger partial charge in [0.1, 0.15) is 13.2 Å². The van der Waals surface area contributed by atoms with Crippen LogP contribution in [0.15, 0.2) is 36.5 Å². The van der Waals surface area contributed by atoms with E-state index in [0.29, 0.717) is 17.4 Å². The lowest BCUT2D eigenvalue weighted by atomic mass is 10.0. The smallest absolute Gasteiger partial charge is 0.306 e. The molecular formula is C62H115NO8. The van der Waals surface area contributed by atoms with Gasteiger partial charge in [-0.3, -0.25) is 9.59 Å². The van der Waals surface area contributed by atoms with Gasteiger partial charge >= 0.3 is 11.9 Å². The lowest BCUT2D eigenvalue weighted by molar-refractivity contribution is -0.870. The summed E-state index contributed by atoms with van der Waals surface area (Å²) in [6.07, 6.45) is 62.1. The van der Waals surface area contributed by atoms with E-state index in [1.807, 2.05) is 21.1 Å². The number of carbonyl (C=O) groups is 3. The SMILES string of the molecule is CCCCCCC/C=C\C/C=C\CCCCCCCCCCCCCCCCCCCCCC(=O)OC(COC(=O)CCCCCCC/C=C\CCCCCCCC)COC(OCC[N+](C)(C)C)C(=O)[O-]. The van der Waals surface area contributed by atoms with E-state index in [0.717, 1.165) is 57.8 Å². The minimum Gasteiger partial charge on any atom is -0.545 e. The van der Waals surface area contributed by atoms with Gasteiger partial charge in [-0.05, 0) is 70.6 Å². The Kier molecular flexibility index (Phi) is 51.9. The maximum absolute atomic E-state index is 12.9. The largest absolute Gasteiger partial charge is 0.545 e. The average molecular weight is 1000 g/mol. The molecule has 9 heteroatoms. The van der Waals surface area contributed by atoms with Gasteiger partial charge in [-0.1, -0.05) is 237 Å². The summed E-state index contributed by atoms with van der Waals surface area (Å²) < 4.78 is 22.7. The maximum atomic E-state index is 12.9. The summed E-state index contributed by atoms with van der Waals surface area (Å²) in [7, 11) is 5.93. The third-order valence-corrected chi connectivity index (χ3v) is 13.4. The lowest BCUT2D eigenvalue weighted by Gasteiger charge is -2.26. The van der Waals surface area contributed by atoms with Crippen LogP contribution in [0.1, 0.15) is 284 Å². The third kappa shape index (κ3) is 55.1. The maximum Gasteiger partial charge on any atom is 0.306 e. The second-order valence-electron chi connectivity index (χ2n) is 21.6. The van der Waals surface area contributed by atoms with E-state index in [9.17, 15) is 19.5 Å². The molecule has 0 fully saturated rings. The average Bonchev–Trinajstić information content (AvgIpc) is 3.34. The molecule has 9 nitrogen and oxygen atoms in total. The first kappa shape index (κ1) is 68.5. The van der Waals surface area contributed by atoms with Gasteiger partial charge in [-0.2, -0.15) is 0 Å². The number of carboxylic acid groups (broad SMARTS) is 1. The van der Waals surface area contributed by atoms with Crippen molar-refractivity contribution < 1.29 is 42.9 Å². The van der Waals surface area contributed by atoms with Crippen molar-refractivity contribution in [3.63, 3.8) is 0 Å². The summed E-state index contributed by atoms with van der Waals surface area (Å²) in [6, 6.07) is 0. The van der Waals surface area contributed by atoms with Gasteiger partial charge in [0, 0.05) is 12.8 Å². The van der Waals surface area contributed by atoms with Crippen molar-refractivity contribution in [3.8, 4) is 0 Å². The highest BCUT2D eigenvalue weighted by Crippen LogP contribution is 2.17. The van der Waals surface area contributed by atoms with Crippen molar-refractivity contribution in [3.05, 3.63) is 36.5 Å². The van der Waals surface area contributed by atoms with Crippen LogP contribution in [-0.2, 0) is 33.3 Å². The number of aliphatic carboxylic acids is 1. The molecule has 0 aromatic carbocycles. The molecule has 0 rings (SSSR count). The van der Waals surface area contributed by atoms with E-state index in [1.54, 1.807) is 0 Å². The molecule has 0 aliphatic heterocycles. The molecule has 2 atom stereocenters. The van der Waals surface area contributed by atoms with Crippen molar-refractivity contribution in [1.29, 1.82) is 0 Å². The Bertz CT molecular complexity index is 1260. The van der Waals surface area contributed by atoms with E-state index in [4.69, 9.17) is 18.9 Å². The first-order chi connectivity index (χ1) is 34.6. The van der Waals surface area contributed by atoms with E-state index in [1.165, 1.54) is 193 Å². The molecule has 2 unspecified atom stereocenters. The Morgan fingerprint density at radius 2 is 0.761 bits per heavy atom. The number of carboxylic acids is 1. The molecule has 0 heterocycles. The van der Waals surface area contributed by atoms with Crippen LogP contribution in [0, 0.1) is 0 Å². The fourth-order valence-electron chi connectivity index (χ4n) is 8.68. The first-order valence-corrected chi connectivity index (χ1v) is 30.1. The van der Waals surface area contributed by atoms with Crippen molar-refractivity contribution in [1.82, 2.24) is 0 Å². The number of esters is 2. The third-order valence-electron chi connectivity index (χ3n) is 13.4. The summed E-state index contributed by atoms with van der Waals surface area (Å²) in [5, 5.41) is 11.8. The fourth-order valence-corrected chi connectivity index (χ4v) is 8.68. The van der Waals surface area contributed by atoms with Gasteiger partial charge in [-0.15, -0.1) is 0 Å². The predicted octanol–water partition coefficient (Wildman–Crippen LogP) is 16.3. The molecule has 0 saturated heterocycles. The minimum absolute atomic E-state index is 0.148. The number of hydrogen-bond acceptors (Lipinski definition) is 8. The zero-order valence-electron chi connectivity index (χ0n) is 47.4. The van der Waals surface area contributed by atoms with Crippen LogP contribution < -0.4 is 5.11 Å². The highest BCUT2D eigenvalue weighted by atomic mass is 16.7. The van der Waals surface area contributed by atoms with Crippen molar-refractivity contribution in [2.45, 2.75) is 296 Å². The molecule has 0 saturated carbocycles. The summed E-state index contributed by atoms with van der Waals surface area (Å²) >= 11 is 0. The Hall–Kier alpha value is -2.49. The van der Waals surface area contributed by atoms with Gasteiger partial charge in [0.15, 0.2) is 12.4 Å². The number of quaternary nitrogens is 1. The number of nitrogens with zero attached hydrogens (tertiary/aromatic N) is 1. The molecule has 0 amide bonds. The molecule has 0 aromatic rings. The number of likely N-dealkylation sites (N-methyl/N-ethyl adjacent to an activating group) is 1. The monoisotopic (exact) mass is 1000 g/mol. The van der Waals surface area contributed by atoms with E-state index in [-0.39, 0.29) is 38.6 Å². The lowest BCUT2D eigenvalue weighted by Crippen LogP contribution is -2.44. The molecule has 0 radical (unpaired) electrons. The van der Waals surface area contributed by atoms with E-state index >= 15 is 0 Å². The molecule has 0 bridgehead atoms. The second kappa shape index (κ2) is 53.8. The summed E-state index contributed by atoms with van der Waals surface area (Å²) in [5.74, 6) is -2.28. The zero-order valence-corrected chi connectivity index (χ0v) is 47.4. The highest BCUT2D eigenvalue weighted by Gasteiger charge is 2.22. The highest BCUT2D eigenvalue weighted by molar-refractivity contribution is 5.70. The standard InChI is InChI=1S/C62H115NO8/c1-6-8-10-12-14-16-18-20-22-23-24-25-26-27-28-29-30-31-32-33-34-35-36-37-39-41-43-45-47-49-51-53-60(65)71-58(57-70-62(61(66)67)68-55-54-63(3,4)5)56-69-59(64)52-50-48-46-44-42-40-38-21-19-17-15-13-11-9-7-2/h18,20-21,23-24,38,58,62H,6-17,19,22,25-37,39-57H2,1-5H3/b20-18-,24-23-,38-21-. The Labute approximate surface area is 439 Å². The fraction of sp³-hybridized carbons (Fsp3) is 0.855. The summed E-state index contributed by atoms with van der Waals surface area (Å²) in [4.78, 5) is 37.2. The molecule has 71 heavy (non-hydrogen) atoms. The van der Waals surface area contributed by atoms with Crippen LogP contribution in [0.5, 0.6) is 0 Å². The molecule has 0 spiro atoms. The van der Waals surface area contributed by atoms with Gasteiger partial charge in [-0.25, -0.2) is 0 Å². The van der Waals surface area contributed by atoms with Crippen LogP contribution in [0.3, 0.4) is 0 Å². The van der Waals surface area contributed by atoms with Crippen LogP contribution in [0.4, 0.5) is 0 Å². The molecule has 0 aliphatic carbocycles. The quantitative estimate of drug-likeness (QED) is 0.0195. The molecule has 0 N–H and O–H groups in total. The number of rotatable bonds is 56. The second-order valence-corrected chi connectivity index (χ2v) is 21.6. The number of carbonyl (C=O) groups excluding carboxylic acids is 3. The first-order valence-electron chi connectivity index (χ1n) is 30.1. The normalized spacial score (nSPS) is 13.0. The van der Waals surface area contributed by atoms with Crippen molar-refractivity contribution in [2.24, 2.45) is 0 Å². The molecular weight excluding hydrogens is 887 g/mol. The van der Waals surface area contributed by atoms with Gasteiger partial charge in [0.2, 0.25) is 0 Å². The minimum atomic E-state index is -1.62. The van der Waals surface area contributed by atoms with Crippen molar-refractivity contribution >= 4 is 17.9 Å². The van der Waals surface area contributed by atoms with Gasteiger partial charge in [0.05, 0.1) is 40.3 Å². The van der Waals surface area contributed by atoms with E-state index in [2.05, 4.69) is 50.3 Å². The summed E-state index contributed by atoms with van der Waals surface area (Å²) in [5.41, 5.74) is 0. The molecule has 416 valence electrons. The van der Waals surface area contributed by atoms with Crippen LogP contribution in [-0.4, -0.2) is 82.3 Å². The number of unbranched alkanes of at least 4 members (excludes halogenated alkanes) is 35. The number of ether oxygens (including phenoxy) is 4. The molecule has 0 aromatic heterocycles. The Morgan fingerprint density at radius 1 is 0.423 bits per heavy atom. The topological polar surface area (TPSA) is 111 Å². The summed E-state index contributed by atoms with van der Waals surface area (Å²) in [6.45, 7) is 4.76. The molecule has 0 aliphatic rings. The van der Waals surface area contributed by atoms with Gasteiger partial charge < -0.3 is 33.3 Å². The van der Waals surface area contributed by atoms with Gasteiger partial charge in [0.25, 0.3) is 0 Å².